The molecule has 0 N–H and O–H groups in total. The minimum Gasteiger partial charge on any atom is -0.463 e. The van der Waals surface area contributed by atoms with Crippen LogP contribution in [0.15, 0.2) is 59.8 Å². The second-order valence-corrected chi connectivity index (χ2v) is 12.6. The molecular weight excluding hydrogens is 641 g/mol. The number of carbonyl (C=O) groups excluding carboxylic acids is 2. The van der Waals surface area contributed by atoms with Gasteiger partial charge in [-0.3, -0.25) is 9.78 Å². The van der Waals surface area contributed by atoms with Crippen molar-refractivity contribution in [3.05, 3.63) is 93.6 Å². The number of aromatic nitrogens is 1. The number of esters is 1. The van der Waals surface area contributed by atoms with E-state index in [0.29, 0.717) is 65.8 Å². The second-order valence-electron chi connectivity index (χ2n) is 12.6. The molecule has 1 heterocycles. The first-order chi connectivity index (χ1) is 22.2. The van der Waals surface area contributed by atoms with Gasteiger partial charge < -0.3 is 9.64 Å². The molecule has 12 heteroatoms. The van der Waals surface area contributed by atoms with Crippen molar-refractivity contribution < 1.29 is 45.1 Å². The standard InChI is InChI=1S/C36H37F7N2O3/c1-7-48-32(46)21(3)22-8-10-23(11-9-22)30-18-29(28-13-12-27(37)14-20(28)2)31(19-44-30)45(6)33(47)34(4,5)24-15-25(35(38,39)40)17-26(16-24)36(41,42)43/h12-19,23H,7-11H2,1-6H3. The van der Waals surface area contributed by atoms with E-state index in [-0.39, 0.29) is 30.2 Å². The number of nitrogens with zero attached hydrogens (tertiary/aromatic N) is 2. The third kappa shape index (κ3) is 7.73. The molecule has 3 aromatic rings. The highest BCUT2D eigenvalue weighted by Gasteiger charge is 2.41. The molecule has 1 aliphatic carbocycles. The van der Waals surface area contributed by atoms with E-state index in [9.17, 15) is 40.3 Å². The van der Waals surface area contributed by atoms with Crippen LogP contribution < -0.4 is 4.90 Å². The third-order valence-electron chi connectivity index (χ3n) is 9.01. The van der Waals surface area contributed by atoms with Crippen LogP contribution in [-0.2, 0) is 32.1 Å². The van der Waals surface area contributed by atoms with Crippen LogP contribution in [0.4, 0.5) is 36.4 Å². The lowest BCUT2D eigenvalue weighted by Gasteiger charge is -2.32. The Balaban J connectivity index is 1.76. The third-order valence-corrected chi connectivity index (χ3v) is 9.01. The quantitative estimate of drug-likeness (QED) is 0.142. The molecule has 1 aromatic heterocycles. The maximum absolute atomic E-state index is 14.1. The van der Waals surface area contributed by atoms with Gasteiger partial charge in [-0.15, -0.1) is 0 Å². The predicted molar refractivity (Wildman–Crippen MR) is 168 cm³/mol. The van der Waals surface area contributed by atoms with Gasteiger partial charge in [-0.25, -0.2) is 9.18 Å². The van der Waals surface area contributed by atoms with Gasteiger partial charge in [-0.1, -0.05) is 11.6 Å². The molecule has 0 saturated heterocycles. The van der Waals surface area contributed by atoms with Gasteiger partial charge in [-0.2, -0.15) is 26.3 Å². The Morgan fingerprint density at radius 3 is 1.98 bits per heavy atom. The second kappa shape index (κ2) is 13.7. The molecule has 1 fully saturated rings. The highest BCUT2D eigenvalue weighted by molar-refractivity contribution is 6.03. The molecule has 0 spiro atoms. The average molecular weight is 679 g/mol. The summed E-state index contributed by atoms with van der Waals surface area (Å²) in [6, 6.07) is 7.05. The normalized spacial score (nSPS) is 15.7. The van der Waals surface area contributed by atoms with Gasteiger partial charge in [0, 0.05) is 29.8 Å². The van der Waals surface area contributed by atoms with Crippen molar-refractivity contribution in [2.45, 2.75) is 84.0 Å². The number of aryl methyl sites for hydroxylation is 1. The molecule has 0 unspecified atom stereocenters. The van der Waals surface area contributed by atoms with E-state index in [1.807, 2.05) is 0 Å². The van der Waals surface area contributed by atoms with Crippen LogP contribution in [0.2, 0.25) is 0 Å². The van der Waals surface area contributed by atoms with E-state index < -0.39 is 46.2 Å². The topological polar surface area (TPSA) is 59.5 Å². The number of likely N-dealkylation sites (N-methyl/N-ethyl adjacent to an activating group) is 1. The summed E-state index contributed by atoms with van der Waals surface area (Å²) in [7, 11) is 1.37. The lowest BCUT2D eigenvalue weighted by molar-refractivity contribution is -0.143. The molecule has 0 aliphatic heterocycles. The Morgan fingerprint density at radius 1 is 0.896 bits per heavy atom. The van der Waals surface area contributed by atoms with E-state index in [2.05, 4.69) is 4.98 Å². The number of benzene rings is 2. The number of rotatable bonds is 7. The molecular formula is C36H37F7N2O3. The Labute approximate surface area is 274 Å². The maximum Gasteiger partial charge on any atom is 0.416 e. The van der Waals surface area contributed by atoms with Crippen LogP contribution in [0.5, 0.6) is 0 Å². The highest BCUT2D eigenvalue weighted by atomic mass is 19.4. The van der Waals surface area contributed by atoms with Crippen molar-refractivity contribution in [3.8, 4) is 11.1 Å². The molecule has 4 rings (SSSR count). The summed E-state index contributed by atoms with van der Waals surface area (Å²) in [5.41, 5.74) is -1.21. The molecule has 2 aromatic carbocycles. The number of alkyl halides is 6. The van der Waals surface area contributed by atoms with Crippen LogP contribution in [-0.4, -0.2) is 30.5 Å². The van der Waals surface area contributed by atoms with Crippen LogP contribution in [0, 0.1) is 12.7 Å². The lowest BCUT2D eigenvalue weighted by atomic mass is 9.80. The van der Waals surface area contributed by atoms with E-state index in [0.717, 1.165) is 10.5 Å². The maximum atomic E-state index is 14.1. The zero-order valence-electron chi connectivity index (χ0n) is 27.5. The number of ether oxygens (including phenoxy) is 1. The fraction of sp³-hybridized carbons (Fsp3) is 0.417. The van der Waals surface area contributed by atoms with Gasteiger partial charge >= 0.3 is 18.3 Å². The predicted octanol–water partition coefficient (Wildman–Crippen LogP) is 9.71. The molecule has 5 nitrogen and oxygen atoms in total. The number of pyridine rings is 1. The summed E-state index contributed by atoms with van der Waals surface area (Å²) in [6.07, 6.45) is -6.06. The summed E-state index contributed by atoms with van der Waals surface area (Å²) in [6.45, 7) is 7.97. The zero-order chi connectivity index (χ0) is 35.8. The number of anilines is 1. The van der Waals surface area contributed by atoms with Gasteiger partial charge in [-0.05, 0) is 113 Å². The highest BCUT2D eigenvalue weighted by Crippen LogP contribution is 2.43. The number of amides is 1. The smallest absolute Gasteiger partial charge is 0.416 e. The Kier molecular flexibility index (Phi) is 10.5. The molecule has 1 aliphatic rings. The molecule has 48 heavy (non-hydrogen) atoms. The fourth-order valence-electron chi connectivity index (χ4n) is 6.09. The van der Waals surface area contributed by atoms with E-state index >= 15 is 0 Å². The van der Waals surface area contributed by atoms with Crippen LogP contribution in [0.1, 0.15) is 87.2 Å². The Hall–Kier alpha value is -4.22. The van der Waals surface area contributed by atoms with Gasteiger partial charge in [0.05, 0.1) is 35.0 Å². The first kappa shape index (κ1) is 36.6. The fourth-order valence-corrected chi connectivity index (χ4v) is 6.09. The summed E-state index contributed by atoms with van der Waals surface area (Å²) in [5.74, 6) is -1.63. The van der Waals surface area contributed by atoms with E-state index in [4.69, 9.17) is 4.74 Å². The van der Waals surface area contributed by atoms with Crippen molar-refractivity contribution in [2.24, 2.45) is 0 Å². The van der Waals surface area contributed by atoms with Gasteiger partial charge in [0.2, 0.25) is 5.91 Å². The van der Waals surface area contributed by atoms with Crippen molar-refractivity contribution in [3.63, 3.8) is 0 Å². The zero-order valence-corrected chi connectivity index (χ0v) is 27.5. The Morgan fingerprint density at radius 2 is 1.46 bits per heavy atom. The number of hydrogen-bond acceptors (Lipinski definition) is 4. The van der Waals surface area contributed by atoms with Crippen molar-refractivity contribution in [1.29, 1.82) is 0 Å². The average Bonchev–Trinajstić information content (AvgIpc) is 3.02. The van der Waals surface area contributed by atoms with Gasteiger partial charge in [0.25, 0.3) is 0 Å². The largest absolute Gasteiger partial charge is 0.463 e. The lowest BCUT2D eigenvalue weighted by Crippen LogP contribution is -2.42. The SMILES string of the molecule is CCOC(=O)C(C)=C1CCC(c2cc(-c3ccc(F)cc3C)c(N(C)C(=O)C(C)(C)c3cc(C(F)(F)F)cc(C(F)(F)F)c3)cn2)CC1. The van der Waals surface area contributed by atoms with E-state index in [1.165, 1.54) is 39.2 Å². The minimum absolute atomic E-state index is 0.0133. The number of halogens is 7. The Bertz CT molecular complexity index is 1700. The minimum atomic E-state index is -5.08. The van der Waals surface area contributed by atoms with Crippen molar-refractivity contribution in [1.82, 2.24) is 4.98 Å². The molecule has 258 valence electrons. The van der Waals surface area contributed by atoms with Crippen LogP contribution in [0.3, 0.4) is 0 Å². The summed E-state index contributed by atoms with van der Waals surface area (Å²) in [4.78, 5) is 32.1. The van der Waals surface area contributed by atoms with Crippen molar-refractivity contribution in [2.75, 3.05) is 18.6 Å². The number of allylic oxidation sites excluding steroid dienone is 1. The summed E-state index contributed by atoms with van der Waals surface area (Å²) >= 11 is 0. The molecule has 0 bridgehead atoms. The first-order valence-electron chi connectivity index (χ1n) is 15.5. The first-order valence-corrected chi connectivity index (χ1v) is 15.5. The number of hydrogen-bond donors (Lipinski definition) is 0. The van der Waals surface area contributed by atoms with Gasteiger partial charge in [0.1, 0.15) is 5.82 Å². The van der Waals surface area contributed by atoms with Gasteiger partial charge in [0.15, 0.2) is 0 Å². The van der Waals surface area contributed by atoms with E-state index in [1.54, 1.807) is 32.9 Å². The summed E-state index contributed by atoms with van der Waals surface area (Å²) in [5, 5.41) is 0. The van der Waals surface area contributed by atoms with Crippen molar-refractivity contribution >= 4 is 17.6 Å². The molecule has 1 amide bonds. The monoisotopic (exact) mass is 678 g/mol. The van der Waals surface area contributed by atoms with Crippen LogP contribution in [0.25, 0.3) is 11.1 Å². The van der Waals surface area contributed by atoms with Crippen LogP contribution >= 0.6 is 0 Å². The summed E-state index contributed by atoms with van der Waals surface area (Å²) < 4.78 is 101. The number of carbonyl (C=O) groups is 2. The molecule has 0 radical (unpaired) electrons. The molecule has 1 saturated carbocycles. The molecule has 0 atom stereocenters.